The molecular weight excluding hydrogens is 588 g/mol. The Balaban J connectivity index is 1.60. The molecule has 12 nitrogen and oxygen atoms in total. The number of amides is 3. The number of aryl methyl sites for hydroxylation is 2. The summed E-state index contributed by atoms with van der Waals surface area (Å²) in [7, 11) is 2.06. The van der Waals surface area contributed by atoms with Crippen LogP contribution in [0.4, 0.5) is 16.2 Å². The number of nitrogens with zero attached hydrogens (tertiary/aromatic N) is 4. The molecule has 1 aliphatic heterocycles. The van der Waals surface area contributed by atoms with Crippen LogP contribution in [0, 0.1) is 19.8 Å². The number of aliphatic hydroxyl groups is 1. The van der Waals surface area contributed by atoms with Gasteiger partial charge in [0.25, 0.3) is 5.91 Å². The van der Waals surface area contributed by atoms with E-state index in [2.05, 4.69) is 39.6 Å². The van der Waals surface area contributed by atoms with Gasteiger partial charge in [-0.25, -0.2) is 4.79 Å². The number of anilines is 2. The van der Waals surface area contributed by atoms with Gasteiger partial charge in [-0.2, -0.15) is 0 Å². The lowest BCUT2D eigenvalue weighted by atomic mass is 10.0. The van der Waals surface area contributed by atoms with Gasteiger partial charge in [0, 0.05) is 50.2 Å². The third-order valence-electron chi connectivity index (χ3n) is 8.27. The molecule has 0 saturated carbocycles. The van der Waals surface area contributed by atoms with Gasteiger partial charge in [-0.1, -0.05) is 12.1 Å². The zero-order chi connectivity index (χ0) is 33.2. The van der Waals surface area contributed by atoms with E-state index in [0.29, 0.717) is 53.8 Å². The highest BCUT2D eigenvalue weighted by Crippen LogP contribution is 2.29. The van der Waals surface area contributed by atoms with Gasteiger partial charge in [0.1, 0.15) is 17.1 Å². The second kappa shape index (κ2) is 16.5. The summed E-state index contributed by atoms with van der Waals surface area (Å²) >= 11 is 0. The summed E-state index contributed by atoms with van der Waals surface area (Å²) in [6.45, 7) is 11.5. The number of benzene rings is 1. The number of hydrogen-bond donors (Lipinski definition) is 3. The summed E-state index contributed by atoms with van der Waals surface area (Å²) in [5.74, 6) is 0.569. The van der Waals surface area contributed by atoms with Crippen molar-refractivity contribution in [3.63, 3.8) is 0 Å². The Kier molecular flexibility index (Phi) is 12.5. The molecule has 2 aromatic heterocycles. The maximum absolute atomic E-state index is 14.3. The van der Waals surface area contributed by atoms with E-state index in [9.17, 15) is 14.7 Å². The number of ether oxygens (including phenoxy) is 2. The average Bonchev–Trinajstić information content (AvgIpc) is 3.34. The number of hydrogen-bond acceptors (Lipinski definition) is 9. The Hall–Kier alpha value is -4.00. The number of likely N-dealkylation sites (N-methyl/N-ethyl adjacent to an activating group) is 1. The monoisotopic (exact) mass is 636 g/mol. The van der Waals surface area contributed by atoms with Crippen molar-refractivity contribution < 1.29 is 28.7 Å². The number of pyridine rings is 1. The van der Waals surface area contributed by atoms with E-state index in [1.54, 1.807) is 49.3 Å². The molecule has 3 aromatic rings. The number of carbonyl (C=O) groups excluding carboxylic acids is 2. The van der Waals surface area contributed by atoms with E-state index >= 15 is 0 Å². The van der Waals surface area contributed by atoms with Crippen LogP contribution in [0.15, 0.2) is 47.2 Å². The normalized spacial score (nSPS) is 20.4. The quantitative estimate of drug-likeness (QED) is 0.302. The fourth-order valence-electron chi connectivity index (χ4n) is 5.57. The van der Waals surface area contributed by atoms with Gasteiger partial charge in [-0.05, 0) is 89.9 Å². The van der Waals surface area contributed by atoms with Crippen LogP contribution in [-0.4, -0.2) is 88.6 Å². The fourth-order valence-corrected chi connectivity index (χ4v) is 5.57. The van der Waals surface area contributed by atoms with Crippen LogP contribution in [0.2, 0.25) is 0 Å². The van der Waals surface area contributed by atoms with Crippen molar-refractivity contribution in [1.29, 1.82) is 0 Å². The highest BCUT2D eigenvalue weighted by atomic mass is 16.5. The van der Waals surface area contributed by atoms with E-state index in [4.69, 9.17) is 14.0 Å². The number of aromatic nitrogens is 2. The molecule has 3 N–H and O–H groups in total. The van der Waals surface area contributed by atoms with Crippen molar-refractivity contribution in [1.82, 2.24) is 19.9 Å². The van der Waals surface area contributed by atoms with E-state index in [-0.39, 0.29) is 30.6 Å². The first-order chi connectivity index (χ1) is 22.0. The molecule has 250 valence electrons. The topological polar surface area (TPSA) is 142 Å². The van der Waals surface area contributed by atoms with Gasteiger partial charge >= 0.3 is 6.03 Å². The van der Waals surface area contributed by atoms with Crippen molar-refractivity contribution in [3.05, 3.63) is 65.3 Å². The van der Waals surface area contributed by atoms with E-state index in [1.807, 2.05) is 26.0 Å². The van der Waals surface area contributed by atoms with Gasteiger partial charge in [-0.15, -0.1) is 0 Å². The van der Waals surface area contributed by atoms with Gasteiger partial charge in [0.05, 0.1) is 30.4 Å². The van der Waals surface area contributed by atoms with Gasteiger partial charge < -0.3 is 34.6 Å². The minimum absolute atomic E-state index is 0.0498. The van der Waals surface area contributed by atoms with E-state index in [1.165, 1.54) is 0 Å². The number of rotatable bonds is 8. The molecule has 4 atom stereocenters. The lowest BCUT2D eigenvalue weighted by Gasteiger charge is -2.36. The first-order valence-corrected chi connectivity index (χ1v) is 16.0. The van der Waals surface area contributed by atoms with Crippen LogP contribution in [0.5, 0.6) is 5.75 Å². The molecule has 0 fully saturated rings. The molecule has 0 bridgehead atoms. The second-order valence-electron chi connectivity index (χ2n) is 12.3. The van der Waals surface area contributed by atoms with Crippen LogP contribution in [-0.2, 0) is 11.3 Å². The Morgan fingerprint density at radius 3 is 2.61 bits per heavy atom. The molecule has 4 rings (SSSR count). The molecular formula is C34H48N6O6. The van der Waals surface area contributed by atoms with Crippen LogP contribution in [0.25, 0.3) is 0 Å². The Morgan fingerprint density at radius 2 is 1.91 bits per heavy atom. The van der Waals surface area contributed by atoms with Crippen LogP contribution in [0.1, 0.15) is 67.4 Å². The van der Waals surface area contributed by atoms with Crippen LogP contribution >= 0.6 is 0 Å². The molecule has 3 heterocycles. The maximum atomic E-state index is 14.3. The number of nitrogens with one attached hydrogen (secondary N) is 2. The third kappa shape index (κ3) is 9.51. The van der Waals surface area contributed by atoms with Gasteiger partial charge in [0.15, 0.2) is 5.76 Å². The molecule has 0 spiro atoms. The second-order valence-corrected chi connectivity index (χ2v) is 12.3. The summed E-state index contributed by atoms with van der Waals surface area (Å²) in [5.41, 5.74) is 2.93. The minimum Gasteiger partial charge on any atom is -0.490 e. The number of aliphatic hydroxyl groups excluding tert-OH is 1. The average molecular weight is 637 g/mol. The zero-order valence-electron chi connectivity index (χ0n) is 27.8. The largest absolute Gasteiger partial charge is 0.490 e. The first-order valence-electron chi connectivity index (χ1n) is 16.0. The van der Waals surface area contributed by atoms with Crippen LogP contribution < -0.4 is 15.4 Å². The summed E-state index contributed by atoms with van der Waals surface area (Å²) in [4.78, 5) is 35.2. The molecule has 12 heteroatoms. The standard InChI is InChI=1S/C34H48N6O6/c1-22-18-40(23(2)21-41)33(42)29-17-28(36-34(43)37-32-25(4)38-46-26(32)5)10-11-30(29)45-24(3)9-7-8-16-44-31(22)20-39(6)19-27-12-14-35-15-13-27/h10-15,17,22-24,31,41H,7-9,16,18-21H2,1-6H3,(H2,36,37,43)/t22-,23-,24+,31+/m1/s1. The minimum atomic E-state index is -0.498. The first kappa shape index (κ1) is 34.9. The fraction of sp³-hybridized carbons (Fsp3) is 0.529. The predicted molar refractivity (Wildman–Crippen MR) is 176 cm³/mol. The third-order valence-corrected chi connectivity index (χ3v) is 8.27. The smallest absolute Gasteiger partial charge is 0.323 e. The van der Waals surface area contributed by atoms with Gasteiger partial charge in [0.2, 0.25) is 0 Å². The summed E-state index contributed by atoms with van der Waals surface area (Å²) in [5, 5.41) is 19.7. The molecule has 0 saturated heterocycles. The highest BCUT2D eigenvalue weighted by molar-refractivity contribution is 6.03. The van der Waals surface area contributed by atoms with Crippen molar-refractivity contribution in [2.45, 2.75) is 78.7 Å². The number of fused-ring (bicyclic) bond motifs is 1. The highest BCUT2D eigenvalue weighted by Gasteiger charge is 2.30. The van der Waals surface area contributed by atoms with Crippen molar-refractivity contribution in [3.8, 4) is 5.75 Å². The summed E-state index contributed by atoms with van der Waals surface area (Å²) in [6.07, 6.45) is 5.86. The van der Waals surface area contributed by atoms with Crippen LogP contribution in [0.3, 0.4) is 0 Å². The SMILES string of the molecule is Cc1noc(C)c1NC(=O)Nc1ccc2c(c1)C(=O)N([C@H](C)CO)C[C@@H](C)[C@H](CN(C)Cc1ccncc1)OCCCC[C@H](C)O2. The molecule has 1 aliphatic rings. The zero-order valence-corrected chi connectivity index (χ0v) is 27.8. The molecule has 1 aromatic carbocycles. The molecule has 0 radical (unpaired) electrons. The Bertz CT molecular complexity index is 1410. The van der Waals surface area contributed by atoms with Gasteiger partial charge in [-0.3, -0.25) is 14.7 Å². The van der Waals surface area contributed by atoms with Crippen molar-refractivity contribution in [2.75, 3.05) is 44.0 Å². The maximum Gasteiger partial charge on any atom is 0.323 e. The van der Waals surface area contributed by atoms with E-state index < -0.39 is 12.1 Å². The Morgan fingerprint density at radius 1 is 1.15 bits per heavy atom. The van der Waals surface area contributed by atoms with E-state index in [0.717, 1.165) is 31.4 Å². The molecule has 46 heavy (non-hydrogen) atoms. The lowest BCUT2D eigenvalue weighted by molar-refractivity contribution is -0.0177. The Labute approximate surface area is 271 Å². The molecule has 0 unspecified atom stereocenters. The summed E-state index contributed by atoms with van der Waals surface area (Å²) in [6, 6.07) is 8.08. The molecule has 0 aliphatic carbocycles. The summed E-state index contributed by atoms with van der Waals surface area (Å²) < 4.78 is 17.9. The van der Waals surface area contributed by atoms with Crippen molar-refractivity contribution >= 4 is 23.3 Å². The number of urea groups is 1. The van der Waals surface area contributed by atoms with Crippen molar-refractivity contribution in [2.24, 2.45) is 5.92 Å². The number of carbonyl (C=O) groups is 2. The predicted octanol–water partition coefficient (Wildman–Crippen LogP) is 5.26. The lowest BCUT2D eigenvalue weighted by Crippen LogP contribution is -2.47. The molecule has 3 amide bonds.